The summed E-state index contributed by atoms with van der Waals surface area (Å²) in [5, 5.41) is 0.774. The highest BCUT2D eigenvalue weighted by atomic mass is 35.5. The normalized spacial score (nSPS) is 22.0. The van der Waals surface area contributed by atoms with Crippen LogP contribution in [0.3, 0.4) is 0 Å². The summed E-state index contributed by atoms with van der Waals surface area (Å²) in [5.74, 6) is 0. The van der Waals surface area contributed by atoms with Gasteiger partial charge in [0.05, 0.1) is 12.7 Å². The topological polar surface area (TPSA) is 38.5 Å². The number of morpholine rings is 1. The Labute approximate surface area is 114 Å². The first-order valence-corrected chi connectivity index (χ1v) is 6.84. The molecular formula is C14H21ClN2O. The molecule has 1 aliphatic heterocycles. The quantitative estimate of drug-likeness (QED) is 0.915. The summed E-state index contributed by atoms with van der Waals surface area (Å²) in [7, 11) is 0. The predicted octanol–water partition coefficient (Wildman–Crippen LogP) is 2.45. The van der Waals surface area contributed by atoms with Gasteiger partial charge in [0.2, 0.25) is 0 Å². The van der Waals surface area contributed by atoms with Gasteiger partial charge in [0.15, 0.2) is 0 Å². The van der Waals surface area contributed by atoms with Crippen molar-refractivity contribution in [3.05, 3.63) is 28.8 Å². The van der Waals surface area contributed by atoms with E-state index in [0.29, 0.717) is 0 Å². The predicted molar refractivity (Wildman–Crippen MR) is 76.4 cm³/mol. The zero-order valence-electron chi connectivity index (χ0n) is 11.0. The molecule has 0 bridgehead atoms. The number of nitrogens with zero attached hydrogens (tertiary/aromatic N) is 1. The maximum atomic E-state index is 6.08. The smallest absolute Gasteiger partial charge is 0.0722 e. The highest BCUT2D eigenvalue weighted by molar-refractivity contribution is 6.30. The maximum absolute atomic E-state index is 6.08. The second kappa shape index (κ2) is 5.91. The summed E-state index contributed by atoms with van der Waals surface area (Å²) in [6, 6.07) is 6.21. The van der Waals surface area contributed by atoms with Gasteiger partial charge in [-0.05, 0) is 44.0 Å². The Morgan fingerprint density at radius 3 is 3.00 bits per heavy atom. The number of nitrogens with two attached hydrogens (primary N) is 1. The Balaban J connectivity index is 2.25. The molecule has 0 aromatic heterocycles. The monoisotopic (exact) mass is 268 g/mol. The molecule has 0 aliphatic carbocycles. The van der Waals surface area contributed by atoms with E-state index in [2.05, 4.69) is 17.9 Å². The molecule has 3 nitrogen and oxygen atoms in total. The van der Waals surface area contributed by atoms with Crippen molar-refractivity contribution in [3.63, 3.8) is 0 Å². The van der Waals surface area contributed by atoms with Gasteiger partial charge in [-0.2, -0.15) is 0 Å². The van der Waals surface area contributed by atoms with Gasteiger partial charge in [0.25, 0.3) is 0 Å². The third kappa shape index (κ3) is 3.37. The summed E-state index contributed by atoms with van der Waals surface area (Å²) in [6.07, 6.45) is 1.12. The van der Waals surface area contributed by atoms with Crippen molar-refractivity contribution in [1.29, 1.82) is 0 Å². The summed E-state index contributed by atoms with van der Waals surface area (Å²) in [5.41, 5.74) is 8.38. The molecule has 0 spiro atoms. The fourth-order valence-electron chi connectivity index (χ4n) is 2.41. The molecule has 0 amide bonds. The zero-order chi connectivity index (χ0) is 13.1. The average molecular weight is 269 g/mol. The maximum Gasteiger partial charge on any atom is 0.0722 e. The first kappa shape index (κ1) is 13.7. The van der Waals surface area contributed by atoms with Gasteiger partial charge in [-0.1, -0.05) is 11.6 Å². The third-order valence-corrected chi connectivity index (χ3v) is 3.40. The minimum absolute atomic E-state index is 0.140. The number of halogens is 1. The Bertz CT molecular complexity index is 409. The van der Waals surface area contributed by atoms with Crippen LogP contribution in [0.2, 0.25) is 5.02 Å². The van der Waals surface area contributed by atoms with E-state index in [0.717, 1.165) is 31.1 Å². The first-order chi connectivity index (χ1) is 8.56. The fourth-order valence-corrected chi connectivity index (χ4v) is 2.60. The lowest BCUT2D eigenvalue weighted by atomic mass is 10.0. The van der Waals surface area contributed by atoms with Crippen molar-refractivity contribution < 1.29 is 4.74 Å². The summed E-state index contributed by atoms with van der Waals surface area (Å²) in [6.45, 7) is 6.76. The molecule has 18 heavy (non-hydrogen) atoms. The van der Waals surface area contributed by atoms with E-state index in [1.165, 1.54) is 11.3 Å². The van der Waals surface area contributed by atoms with E-state index >= 15 is 0 Å². The summed E-state index contributed by atoms with van der Waals surface area (Å²) < 4.78 is 5.58. The van der Waals surface area contributed by atoms with Gasteiger partial charge in [-0.25, -0.2) is 0 Å². The molecule has 2 N–H and O–H groups in total. The number of hydrogen-bond acceptors (Lipinski definition) is 3. The van der Waals surface area contributed by atoms with Crippen LogP contribution in [-0.4, -0.2) is 31.8 Å². The Morgan fingerprint density at radius 1 is 1.56 bits per heavy atom. The standard InChI is InChI=1S/C14H21ClN2O/c1-10(16)7-12-8-13(15)3-4-14(12)17-5-6-18-11(2)9-17/h3-4,8,10-11H,5-7,9,16H2,1-2H3. The molecule has 1 aromatic carbocycles. The lowest BCUT2D eigenvalue weighted by Gasteiger charge is -2.34. The van der Waals surface area contributed by atoms with Crippen LogP contribution in [0.15, 0.2) is 18.2 Å². The molecule has 0 saturated carbocycles. The SMILES string of the molecule is CC(N)Cc1cc(Cl)ccc1N1CCOC(C)C1. The number of anilines is 1. The minimum Gasteiger partial charge on any atom is -0.375 e. The lowest BCUT2D eigenvalue weighted by Crippen LogP contribution is -2.41. The van der Waals surface area contributed by atoms with Crippen LogP contribution < -0.4 is 10.6 Å². The second-order valence-electron chi connectivity index (χ2n) is 5.08. The number of rotatable bonds is 3. The highest BCUT2D eigenvalue weighted by Crippen LogP contribution is 2.27. The molecule has 1 heterocycles. The zero-order valence-corrected chi connectivity index (χ0v) is 11.8. The fraction of sp³-hybridized carbons (Fsp3) is 0.571. The van der Waals surface area contributed by atoms with Crippen LogP contribution in [0, 0.1) is 0 Å². The number of benzene rings is 1. The number of hydrogen-bond donors (Lipinski definition) is 1. The van der Waals surface area contributed by atoms with Crippen LogP contribution in [0.4, 0.5) is 5.69 Å². The van der Waals surface area contributed by atoms with Crippen molar-refractivity contribution >= 4 is 17.3 Å². The molecule has 1 saturated heterocycles. The lowest BCUT2D eigenvalue weighted by molar-refractivity contribution is 0.0532. The average Bonchev–Trinajstić information content (AvgIpc) is 2.28. The van der Waals surface area contributed by atoms with Gasteiger partial charge >= 0.3 is 0 Å². The van der Waals surface area contributed by atoms with Crippen molar-refractivity contribution in [2.24, 2.45) is 5.73 Å². The van der Waals surface area contributed by atoms with Gasteiger partial charge in [-0.3, -0.25) is 0 Å². The van der Waals surface area contributed by atoms with Crippen LogP contribution >= 0.6 is 11.6 Å². The van der Waals surface area contributed by atoms with E-state index in [-0.39, 0.29) is 12.1 Å². The van der Waals surface area contributed by atoms with Gasteiger partial charge in [0, 0.05) is 29.8 Å². The molecule has 0 radical (unpaired) electrons. The van der Waals surface area contributed by atoms with E-state index in [4.69, 9.17) is 22.1 Å². The van der Waals surface area contributed by atoms with Gasteiger partial charge in [0.1, 0.15) is 0 Å². The molecule has 100 valence electrons. The summed E-state index contributed by atoms with van der Waals surface area (Å²) >= 11 is 6.08. The van der Waals surface area contributed by atoms with Crippen LogP contribution in [-0.2, 0) is 11.2 Å². The van der Waals surface area contributed by atoms with E-state index in [9.17, 15) is 0 Å². The van der Waals surface area contributed by atoms with Gasteiger partial charge in [-0.15, -0.1) is 0 Å². The molecule has 2 rings (SSSR count). The van der Waals surface area contributed by atoms with Crippen molar-refractivity contribution in [2.45, 2.75) is 32.4 Å². The highest BCUT2D eigenvalue weighted by Gasteiger charge is 2.19. The van der Waals surface area contributed by atoms with Crippen LogP contribution in [0.25, 0.3) is 0 Å². The molecule has 2 atom stereocenters. The molecule has 1 fully saturated rings. The molecule has 2 unspecified atom stereocenters. The Hall–Kier alpha value is -0.770. The van der Waals surface area contributed by atoms with Crippen molar-refractivity contribution in [3.8, 4) is 0 Å². The Morgan fingerprint density at radius 2 is 2.33 bits per heavy atom. The van der Waals surface area contributed by atoms with Crippen LogP contribution in [0.5, 0.6) is 0 Å². The number of ether oxygens (including phenoxy) is 1. The molecular weight excluding hydrogens is 248 g/mol. The minimum atomic E-state index is 0.140. The van der Waals surface area contributed by atoms with Crippen molar-refractivity contribution in [1.82, 2.24) is 0 Å². The van der Waals surface area contributed by atoms with Crippen LogP contribution in [0.1, 0.15) is 19.4 Å². The largest absolute Gasteiger partial charge is 0.375 e. The Kier molecular flexibility index (Phi) is 4.49. The third-order valence-electron chi connectivity index (χ3n) is 3.17. The molecule has 4 heteroatoms. The van der Waals surface area contributed by atoms with Gasteiger partial charge < -0.3 is 15.4 Å². The molecule has 1 aliphatic rings. The van der Waals surface area contributed by atoms with Crippen molar-refractivity contribution in [2.75, 3.05) is 24.6 Å². The van der Waals surface area contributed by atoms with E-state index in [1.54, 1.807) is 0 Å². The first-order valence-electron chi connectivity index (χ1n) is 6.47. The van der Waals surface area contributed by atoms with E-state index < -0.39 is 0 Å². The molecule has 1 aromatic rings. The van der Waals surface area contributed by atoms with E-state index in [1.807, 2.05) is 19.1 Å². The second-order valence-corrected chi connectivity index (χ2v) is 5.52. The summed E-state index contributed by atoms with van der Waals surface area (Å²) in [4.78, 5) is 2.36.